The Morgan fingerprint density at radius 2 is 1.71 bits per heavy atom. The molecule has 0 radical (unpaired) electrons. The van der Waals surface area contributed by atoms with E-state index in [-0.39, 0.29) is 18.5 Å². The molecule has 0 spiro atoms. The lowest BCUT2D eigenvalue weighted by Gasteiger charge is -2.15. The van der Waals surface area contributed by atoms with Crippen molar-refractivity contribution in [2.24, 2.45) is 0 Å². The summed E-state index contributed by atoms with van der Waals surface area (Å²) in [6.07, 6.45) is -0.261. The molecule has 0 aromatic rings. The molecule has 0 rings (SSSR count). The molecule has 0 saturated heterocycles. The summed E-state index contributed by atoms with van der Waals surface area (Å²) in [5.74, 6) is -0.210. The predicted octanol–water partition coefficient (Wildman–Crippen LogP) is 0.233. The van der Waals surface area contributed by atoms with Crippen LogP contribution < -0.4 is 0 Å². The molecular weight excluding hydrogens is 232 g/mol. The van der Waals surface area contributed by atoms with E-state index in [4.69, 9.17) is 24.9 Å². The van der Waals surface area contributed by atoms with Gasteiger partial charge in [0, 0.05) is 24.9 Å². The first-order chi connectivity index (χ1) is 6.49. The molecule has 0 saturated carbocycles. The van der Waals surface area contributed by atoms with Crippen molar-refractivity contribution in [2.75, 3.05) is 39.8 Å². The molecule has 7 heteroatoms. The Bertz CT molecular complexity index is 222. The number of rotatable bonds is 8. The maximum absolute atomic E-state index is 10.6. The highest BCUT2D eigenvalue weighted by atomic mass is 35.7. The van der Waals surface area contributed by atoms with Gasteiger partial charge in [-0.2, -0.15) is 0 Å². The molecule has 0 aromatic heterocycles. The summed E-state index contributed by atoms with van der Waals surface area (Å²) in [7, 11) is 4.58. The van der Waals surface area contributed by atoms with Crippen molar-refractivity contribution in [2.45, 2.75) is 6.10 Å². The Balaban J connectivity index is 3.70. The monoisotopic (exact) mass is 246 g/mol. The first-order valence-electron chi connectivity index (χ1n) is 4.01. The first kappa shape index (κ1) is 14.1. The van der Waals surface area contributed by atoms with E-state index in [1.165, 1.54) is 14.2 Å². The number of hydrogen-bond donors (Lipinski definition) is 0. The third-order valence-corrected chi connectivity index (χ3v) is 2.50. The van der Waals surface area contributed by atoms with Gasteiger partial charge in [0.15, 0.2) is 0 Å². The summed E-state index contributed by atoms with van der Waals surface area (Å²) >= 11 is 0. The fourth-order valence-corrected chi connectivity index (χ4v) is 1.31. The molecule has 0 amide bonds. The van der Waals surface area contributed by atoms with Crippen molar-refractivity contribution in [3.8, 4) is 0 Å². The highest BCUT2D eigenvalue weighted by Gasteiger charge is 2.11. The first-order valence-corrected chi connectivity index (χ1v) is 6.49. The maximum atomic E-state index is 10.6. The van der Waals surface area contributed by atoms with Crippen LogP contribution in [0.1, 0.15) is 0 Å². The molecule has 0 bridgehead atoms. The molecule has 0 heterocycles. The standard InChI is InChI=1S/C7H15ClO5S/c1-11-5-7(6-12-2)13-3-4-14(8,9)10/h7H,3-6H2,1-2H3. The van der Waals surface area contributed by atoms with Gasteiger partial charge in [-0.25, -0.2) is 8.42 Å². The lowest BCUT2D eigenvalue weighted by Crippen LogP contribution is -2.26. The third kappa shape index (κ3) is 8.71. The molecule has 5 nitrogen and oxygen atoms in total. The summed E-state index contributed by atoms with van der Waals surface area (Å²) in [6.45, 7) is 0.759. The highest BCUT2D eigenvalue weighted by Crippen LogP contribution is 1.99. The quantitative estimate of drug-likeness (QED) is 0.574. The second-order valence-electron chi connectivity index (χ2n) is 2.65. The summed E-state index contributed by atoms with van der Waals surface area (Å²) in [6, 6.07) is 0. The Morgan fingerprint density at radius 3 is 2.07 bits per heavy atom. The van der Waals surface area contributed by atoms with Crippen LogP contribution in [-0.2, 0) is 23.3 Å². The van der Waals surface area contributed by atoms with E-state index in [1.54, 1.807) is 0 Å². The van der Waals surface area contributed by atoms with E-state index in [0.717, 1.165) is 0 Å². The van der Waals surface area contributed by atoms with Gasteiger partial charge < -0.3 is 14.2 Å². The number of ether oxygens (including phenoxy) is 3. The van der Waals surface area contributed by atoms with Crippen molar-refractivity contribution in [1.82, 2.24) is 0 Å². The molecule has 14 heavy (non-hydrogen) atoms. The van der Waals surface area contributed by atoms with E-state index in [0.29, 0.717) is 13.2 Å². The fourth-order valence-electron chi connectivity index (χ4n) is 0.830. The van der Waals surface area contributed by atoms with Crippen molar-refractivity contribution in [3.63, 3.8) is 0 Å². The van der Waals surface area contributed by atoms with Crippen LogP contribution in [0.5, 0.6) is 0 Å². The molecular formula is C7H15ClO5S. The Labute approximate surface area is 88.7 Å². The highest BCUT2D eigenvalue weighted by molar-refractivity contribution is 8.13. The Morgan fingerprint density at radius 1 is 1.21 bits per heavy atom. The number of hydrogen-bond acceptors (Lipinski definition) is 5. The van der Waals surface area contributed by atoms with Gasteiger partial charge in [-0.1, -0.05) is 0 Å². The Kier molecular flexibility index (Phi) is 7.48. The molecule has 0 fully saturated rings. The van der Waals surface area contributed by atoms with Gasteiger partial charge in [-0.3, -0.25) is 0 Å². The summed E-state index contributed by atoms with van der Waals surface area (Å²) in [5.41, 5.74) is 0. The van der Waals surface area contributed by atoms with Crippen LogP contribution >= 0.6 is 10.7 Å². The van der Waals surface area contributed by atoms with Crippen LogP contribution in [0, 0.1) is 0 Å². The molecule has 0 aliphatic carbocycles. The summed E-state index contributed by atoms with van der Waals surface area (Å²) < 4.78 is 36.0. The lowest BCUT2D eigenvalue weighted by molar-refractivity contribution is -0.0358. The van der Waals surface area contributed by atoms with E-state index >= 15 is 0 Å². The van der Waals surface area contributed by atoms with Crippen LogP contribution in [0.4, 0.5) is 0 Å². The molecule has 0 aliphatic rings. The molecule has 0 N–H and O–H groups in total. The molecule has 86 valence electrons. The Hall–Kier alpha value is 0.120. The normalized spacial score (nSPS) is 12.3. The van der Waals surface area contributed by atoms with Crippen LogP contribution in [0.2, 0.25) is 0 Å². The van der Waals surface area contributed by atoms with Gasteiger partial charge in [-0.15, -0.1) is 0 Å². The molecule has 0 atom stereocenters. The van der Waals surface area contributed by atoms with Crippen molar-refractivity contribution < 1.29 is 22.6 Å². The zero-order valence-corrected chi connectivity index (χ0v) is 9.81. The van der Waals surface area contributed by atoms with E-state index in [9.17, 15) is 8.42 Å². The average molecular weight is 247 g/mol. The second-order valence-corrected chi connectivity index (χ2v) is 5.54. The van der Waals surface area contributed by atoms with Crippen molar-refractivity contribution in [1.29, 1.82) is 0 Å². The average Bonchev–Trinajstić information content (AvgIpc) is 2.02. The molecule has 0 unspecified atom stereocenters. The number of methoxy groups -OCH3 is 2. The minimum Gasteiger partial charge on any atom is -0.382 e. The topological polar surface area (TPSA) is 61.8 Å². The van der Waals surface area contributed by atoms with Gasteiger partial charge in [0.25, 0.3) is 0 Å². The van der Waals surface area contributed by atoms with Gasteiger partial charge in [0.05, 0.1) is 25.6 Å². The minimum absolute atomic E-state index is 0.0449. The largest absolute Gasteiger partial charge is 0.382 e. The SMILES string of the molecule is COCC(COC)OCCS(=O)(=O)Cl. The fraction of sp³-hybridized carbons (Fsp3) is 1.00. The van der Waals surface area contributed by atoms with Gasteiger partial charge in [0.2, 0.25) is 9.05 Å². The lowest BCUT2D eigenvalue weighted by atomic mass is 10.4. The molecule has 0 aliphatic heterocycles. The summed E-state index contributed by atoms with van der Waals surface area (Å²) in [4.78, 5) is 0. The van der Waals surface area contributed by atoms with E-state index in [1.807, 2.05) is 0 Å². The van der Waals surface area contributed by atoms with Crippen molar-refractivity contribution in [3.05, 3.63) is 0 Å². The molecule has 0 aromatic carbocycles. The van der Waals surface area contributed by atoms with Crippen LogP contribution in [-0.4, -0.2) is 54.3 Å². The maximum Gasteiger partial charge on any atom is 0.234 e. The predicted molar refractivity (Wildman–Crippen MR) is 53.1 cm³/mol. The van der Waals surface area contributed by atoms with Gasteiger partial charge >= 0.3 is 0 Å². The number of halogens is 1. The van der Waals surface area contributed by atoms with Crippen molar-refractivity contribution >= 4 is 19.7 Å². The van der Waals surface area contributed by atoms with Gasteiger partial charge in [0.1, 0.15) is 6.10 Å². The van der Waals surface area contributed by atoms with E-state index in [2.05, 4.69) is 0 Å². The zero-order valence-electron chi connectivity index (χ0n) is 8.23. The third-order valence-electron chi connectivity index (χ3n) is 1.39. The van der Waals surface area contributed by atoms with Gasteiger partial charge in [-0.05, 0) is 0 Å². The summed E-state index contributed by atoms with van der Waals surface area (Å²) in [5, 5.41) is 0. The zero-order chi connectivity index (χ0) is 11.0. The van der Waals surface area contributed by atoms with Crippen LogP contribution in [0.25, 0.3) is 0 Å². The smallest absolute Gasteiger partial charge is 0.234 e. The second kappa shape index (κ2) is 7.42. The minimum atomic E-state index is -3.48. The van der Waals surface area contributed by atoms with E-state index < -0.39 is 9.05 Å². The van der Waals surface area contributed by atoms with Crippen LogP contribution in [0.15, 0.2) is 0 Å². The van der Waals surface area contributed by atoms with Crippen LogP contribution in [0.3, 0.4) is 0 Å².